The summed E-state index contributed by atoms with van der Waals surface area (Å²) in [6.45, 7) is 3.49. The number of hydrogen-bond acceptors (Lipinski definition) is 4. The van der Waals surface area contributed by atoms with Crippen LogP contribution in [0.4, 0.5) is 0 Å². The molecule has 3 aromatic rings. The number of nitrogens with one attached hydrogen (secondary N) is 1. The lowest BCUT2D eigenvalue weighted by Crippen LogP contribution is -2.04. The average molecular weight is 324 g/mol. The number of aryl methyl sites for hydroxylation is 1. The van der Waals surface area contributed by atoms with Crippen molar-refractivity contribution in [1.82, 2.24) is 10.3 Å². The summed E-state index contributed by atoms with van der Waals surface area (Å²) < 4.78 is 5.88. The number of nitrogens with zero attached hydrogens (tertiary/aromatic N) is 1. The van der Waals surface area contributed by atoms with Gasteiger partial charge in [0.2, 0.25) is 0 Å². The van der Waals surface area contributed by atoms with E-state index in [2.05, 4.69) is 46.9 Å². The van der Waals surface area contributed by atoms with Crippen molar-refractivity contribution in [2.45, 2.75) is 20.1 Å². The second-order valence-electron chi connectivity index (χ2n) is 5.41. The van der Waals surface area contributed by atoms with E-state index in [1.807, 2.05) is 31.3 Å². The first-order valence-corrected chi connectivity index (χ1v) is 8.51. The number of aromatic nitrogens is 1. The molecular formula is C19H20N2OS. The zero-order chi connectivity index (χ0) is 16.1. The van der Waals surface area contributed by atoms with E-state index in [9.17, 15) is 0 Å². The lowest BCUT2D eigenvalue weighted by Gasteiger charge is -2.09. The Kier molecular flexibility index (Phi) is 5.05. The number of benzene rings is 2. The molecular weight excluding hydrogens is 304 g/mol. The fourth-order valence-corrected chi connectivity index (χ4v) is 3.23. The van der Waals surface area contributed by atoms with Crippen molar-refractivity contribution in [3.05, 3.63) is 70.0 Å². The quantitative estimate of drug-likeness (QED) is 0.729. The molecule has 4 heteroatoms. The van der Waals surface area contributed by atoms with Gasteiger partial charge in [0.15, 0.2) is 0 Å². The highest BCUT2D eigenvalue weighted by Crippen LogP contribution is 2.28. The molecule has 0 unspecified atom stereocenters. The van der Waals surface area contributed by atoms with Crippen LogP contribution in [0.1, 0.15) is 16.1 Å². The molecule has 2 aromatic carbocycles. The van der Waals surface area contributed by atoms with Crippen LogP contribution in [-0.2, 0) is 13.2 Å². The molecule has 118 valence electrons. The van der Waals surface area contributed by atoms with Gasteiger partial charge in [-0.25, -0.2) is 4.98 Å². The van der Waals surface area contributed by atoms with E-state index in [1.165, 1.54) is 11.1 Å². The number of ether oxygens (including phenoxy) is 1. The van der Waals surface area contributed by atoms with Crippen molar-refractivity contribution >= 4 is 11.3 Å². The number of rotatable bonds is 6. The predicted molar refractivity (Wildman–Crippen MR) is 95.8 cm³/mol. The van der Waals surface area contributed by atoms with E-state index < -0.39 is 0 Å². The van der Waals surface area contributed by atoms with Crippen LogP contribution < -0.4 is 10.1 Å². The van der Waals surface area contributed by atoms with Gasteiger partial charge in [0.05, 0.1) is 5.69 Å². The first-order valence-electron chi connectivity index (χ1n) is 7.63. The standard InChI is InChI=1S/C19H20N2OS/c1-14-10-16(22-12-15-6-4-3-5-7-15)8-9-17(14)18-13-23-19(21-18)11-20-2/h3-10,13,20H,11-12H2,1-2H3. The summed E-state index contributed by atoms with van der Waals surface area (Å²) in [6.07, 6.45) is 0. The van der Waals surface area contributed by atoms with E-state index in [4.69, 9.17) is 4.74 Å². The zero-order valence-electron chi connectivity index (χ0n) is 13.4. The van der Waals surface area contributed by atoms with Gasteiger partial charge >= 0.3 is 0 Å². The smallest absolute Gasteiger partial charge is 0.120 e. The van der Waals surface area contributed by atoms with Gasteiger partial charge in [0.1, 0.15) is 17.4 Å². The molecule has 0 spiro atoms. The summed E-state index contributed by atoms with van der Waals surface area (Å²) >= 11 is 1.68. The Bertz CT molecular complexity index is 768. The van der Waals surface area contributed by atoms with Gasteiger partial charge in [0.25, 0.3) is 0 Å². The largest absolute Gasteiger partial charge is 0.489 e. The van der Waals surface area contributed by atoms with Crippen LogP contribution in [-0.4, -0.2) is 12.0 Å². The van der Waals surface area contributed by atoms with Crippen LogP contribution in [0.5, 0.6) is 5.75 Å². The highest BCUT2D eigenvalue weighted by Gasteiger charge is 2.08. The summed E-state index contributed by atoms with van der Waals surface area (Å²) in [5, 5.41) is 6.35. The van der Waals surface area contributed by atoms with Gasteiger partial charge in [-0.3, -0.25) is 0 Å². The Morgan fingerprint density at radius 3 is 2.70 bits per heavy atom. The SMILES string of the molecule is CNCc1nc(-c2ccc(OCc3ccccc3)cc2C)cs1. The highest BCUT2D eigenvalue weighted by atomic mass is 32.1. The monoisotopic (exact) mass is 324 g/mol. The van der Waals surface area contributed by atoms with Gasteiger partial charge in [0, 0.05) is 17.5 Å². The van der Waals surface area contributed by atoms with Gasteiger partial charge in [-0.1, -0.05) is 30.3 Å². The van der Waals surface area contributed by atoms with Crippen LogP contribution in [0, 0.1) is 6.92 Å². The lowest BCUT2D eigenvalue weighted by molar-refractivity contribution is 0.306. The fourth-order valence-electron chi connectivity index (χ4n) is 2.42. The molecule has 0 radical (unpaired) electrons. The molecule has 1 aromatic heterocycles. The van der Waals surface area contributed by atoms with Crippen LogP contribution in [0.15, 0.2) is 53.9 Å². The Morgan fingerprint density at radius 1 is 1.13 bits per heavy atom. The van der Waals surface area contributed by atoms with Crippen molar-refractivity contribution in [3.8, 4) is 17.0 Å². The molecule has 3 nitrogen and oxygen atoms in total. The van der Waals surface area contributed by atoms with Crippen molar-refractivity contribution in [2.75, 3.05) is 7.05 Å². The maximum Gasteiger partial charge on any atom is 0.120 e. The molecule has 0 saturated heterocycles. The molecule has 0 atom stereocenters. The maximum absolute atomic E-state index is 5.88. The minimum atomic E-state index is 0.586. The average Bonchev–Trinajstić information content (AvgIpc) is 3.03. The van der Waals surface area contributed by atoms with Crippen LogP contribution >= 0.6 is 11.3 Å². The third-order valence-electron chi connectivity index (χ3n) is 3.60. The number of thiazole rings is 1. The first kappa shape index (κ1) is 15.7. The Hall–Kier alpha value is -2.17. The second kappa shape index (κ2) is 7.40. The fraction of sp³-hybridized carbons (Fsp3) is 0.211. The van der Waals surface area contributed by atoms with Crippen molar-refractivity contribution in [3.63, 3.8) is 0 Å². The summed E-state index contributed by atoms with van der Waals surface area (Å²) in [5.74, 6) is 0.890. The highest BCUT2D eigenvalue weighted by molar-refractivity contribution is 7.09. The van der Waals surface area contributed by atoms with E-state index >= 15 is 0 Å². The van der Waals surface area contributed by atoms with E-state index in [1.54, 1.807) is 11.3 Å². The molecule has 0 aliphatic heterocycles. The summed E-state index contributed by atoms with van der Waals surface area (Å²) in [5.41, 5.74) is 4.55. The molecule has 0 saturated carbocycles. The van der Waals surface area contributed by atoms with Crippen LogP contribution in [0.2, 0.25) is 0 Å². The van der Waals surface area contributed by atoms with Crippen LogP contribution in [0.25, 0.3) is 11.3 Å². The van der Waals surface area contributed by atoms with E-state index in [0.717, 1.165) is 28.6 Å². The lowest BCUT2D eigenvalue weighted by atomic mass is 10.1. The van der Waals surface area contributed by atoms with Crippen molar-refractivity contribution in [2.24, 2.45) is 0 Å². The number of hydrogen-bond donors (Lipinski definition) is 1. The second-order valence-corrected chi connectivity index (χ2v) is 6.35. The topological polar surface area (TPSA) is 34.2 Å². The molecule has 0 aliphatic carbocycles. The van der Waals surface area contributed by atoms with E-state index in [-0.39, 0.29) is 0 Å². The first-order chi connectivity index (χ1) is 11.3. The van der Waals surface area contributed by atoms with Crippen molar-refractivity contribution in [1.29, 1.82) is 0 Å². The Balaban J connectivity index is 1.72. The summed E-state index contributed by atoms with van der Waals surface area (Å²) in [7, 11) is 1.94. The normalized spacial score (nSPS) is 10.7. The Morgan fingerprint density at radius 2 is 1.96 bits per heavy atom. The minimum absolute atomic E-state index is 0.586. The van der Waals surface area contributed by atoms with Gasteiger partial charge in [-0.05, 0) is 43.3 Å². The van der Waals surface area contributed by atoms with E-state index in [0.29, 0.717) is 6.61 Å². The van der Waals surface area contributed by atoms with Gasteiger partial charge in [-0.15, -0.1) is 11.3 Å². The molecule has 0 aliphatic rings. The van der Waals surface area contributed by atoms with Crippen LogP contribution in [0.3, 0.4) is 0 Å². The molecule has 1 heterocycles. The molecule has 1 N–H and O–H groups in total. The zero-order valence-corrected chi connectivity index (χ0v) is 14.2. The third kappa shape index (κ3) is 3.97. The summed E-state index contributed by atoms with van der Waals surface area (Å²) in [4.78, 5) is 4.67. The molecule has 0 amide bonds. The third-order valence-corrected chi connectivity index (χ3v) is 4.45. The Labute approximate surface area is 141 Å². The van der Waals surface area contributed by atoms with Gasteiger partial charge < -0.3 is 10.1 Å². The summed E-state index contributed by atoms with van der Waals surface area (Å²) in [6, 6.07) is 16.4. The van der Waals surface area contributed by atoms with Gasteiger partial charge in [-0.2, -0.15) is 0 Å². The molecule has 0 bridgehead atoms. The molecule has 23 heavy (non-hydrogen) atoms. The minimum Gasteiger partial charge on any atom is -0.489 e. The molecule has 3 rings (SSSR count). The van der Waals surface area contributed by atoms with Crippen molar-refractivity contribution < 1.29 is 4.74 Å². The predicted octanol–water partition coefficient (Wildman–Crippen LogP) is 4.42. The molecule has 0 fully saturated rings. The maximum atomic E-state index is 5.88.